The molecule has 1 aliphatic heterocycles. The minimum Gasteiger partial charge on any atom is -0.355 e. The number of anilines is 2. The maximum atomic E-state index is 11.9. The monoisotopic (exact) mass is 276 g/mol. The van der Waals surface area contributed by atoms with E-state index in [1.165, 1.54) is 7.05 Å². The first kappa shape index (κ1) is 13.9. The molecule has 4 N–H and O–H groups in total. The van der Waals surface area contributed by atoms with Crippen LogP contribution in [0.4, 0.5) is 16.2 Å². The molecule has 0 aliphatic carbocycles. The molecule has 1 heterocycles. The Kier molecular flexibility index (Phi) is 4.19. The van der Waals surface area contributed by atoms with Gasteiger partial charge in [0, 0.05) is 31.4 Å². The van der Waals surface area contributed by atoms with Crippen molar-refractivity contribution in [2.75, 3.05) is 24.2 Å². The van der Waals surface area contributed by atoms with Gasteiger partial charge in [0.1, 0.15) is 0 Å². The van der Waals surface area contributed by atoms with E-state index in [1.807, 2.05) is 0 Å². The zero-order valence-electron chi connectivity index (χ0n) is 11.0. The summed E-state index contributed by atoms with van der Waals surface area (Å²) in [6, 6.07) is 6.43. The lowest BCUT2D eigenvalue weighted by Gasteiger charge is -2.10. The van der Waals surface area contributed by atoms with Crippen molar-refractivity contribution >= 4 is 29.2 Å². The molecule has 0 spiro atoms. The largest absolute Gasteiger partial charge is 0.355 e. The molecule has 1 saturated heterocycles. The Morgan fingerprint density at radius 3 is 2.25 bits per heavy atom. The van der Waals surface area contributed by atoms with Crippen molar-refractivity contribution in [2.24, 2.45) is 5.92 Å². The first-order chi connectivity index (χ1) is 9.58. The van der Waals surface area contributed by atoms with Crippen LogP contribution in [0.15, 0.2) is 24.3 Å². The second-order valence-corrected chi connectivity index (χ2v) is 4.48. The smallest absolute Gasteiger partial charge is 0.318 e. The predicted octanol–water partition coefficient (Wildman–Crippen LogP) is 0.512. The highest BCUT2D eigenvalue weighted by atomic mass is 16.2. The van der Waals surface area contributed by atoms with E-state index in [0.29, 0.717) is 17.9 Å². The molecule has 1 unspecified atom stereocenters. The van der Waals surface area contributed by atoms with Crippen LogP contribution < -0.4 is 21.3 Å². The highest BCUT2D eigenvalue weighted by Gasteiger charge is 2.27. The van der Waals surface area contributed by atoms with Crippen LogP contribution in [-0.4, -0.2) is 31.4 Å². The SMILES string of the molecule is CNC(=O)Nc1ccc(NC(=O)C2CNC(=O)C2)cc1. The summed E-state index contributed by atoms with van der Waals surface area (Å²) in [6.45, 7) is 0.376. The highest BCUT2D eigenvalue weighted by Crippen LogP contribution is 2.16. The number of urea groups is 1. The first-order valence-electron chi connectivity index (χ1n) is 6.25. The van der Waals surface area contributed by atoms with Crippen molar-refractivity contribution in [1.29, 1.82) is 0 Å². The Morgan fingerprint density at radius 1 is 1.15 bits per heavy atom. The third-order valence-electron chi connectivity index (χ3n) is 2.99. The van der Waals surface area contributed by atoms with E-state index >= 15 is 0 Å². The molecule has 1 aromatic carbocycles. The molecule has 0 saturated carbocycles. The second-order valence-electron chi connectivity index (χ2n) is 4.48. The molecule has 1 fully saturated rings. The number of rotatable bonds is 3. The van der Waals surface area contributed by atoms with Crippen LogP contribution in [0.2, 0.25) is 0 Å². The molecule has 7 nitrogen and oxygen atoms in total. The fourth-order valence-corrected chi connectivity index (χ4v) is 1.87. The second kappa shape index (κ2) is 6.05. The molecular formula is C13H16N4O3. The average molecular weight is 276 g/mol. The summed E-state index contributed by atoms with van der Waals surface area (Å²) in [6.07, 6.45) is 0.224. The zero-order valence-corrected chi connectivity index (χ0v) is 11.0. The van der Waals surface area contributed by atoms with Gasteiger partial charge in [0.05, 0.1) is 5.92 Å². The van der Waals surface area contributed by atoms with E-state index in [2.05, 4.69) is 21.3 Å². The third-order valence-corrected chi connectivity index (χ3v) is 2.99. The number of carbonyl (C=O) groups is 3. The average Bonchev–Trinajstić information content (AvgIpc) is 2.87. The van der Waals surface area contributed by atoms with Crippen LogP contribution in [-0.2, 0) is 9.59 Å². The van der Waals surface area contributed by atoms with Crippen LogP contribution in [0.25, 0.3) is 0 Å². The van der Waals surface area contributed by atoms with Crippen LogP contribution in [0.3, 0.4) is 0 Å². The highest BCUT2D eigenvalue weighted by molar-refractivity contribution is 5.97. The minimum atomic E-state index is -0.328. The number of hydrogen-bond acceptors (Lipinski definition) is 3. The van der Waals surface area contributed by atoms with Gasteiger partial charge in [-0.3, -0.25) is 9.59 Å². The van der Waals surface area contributed by atoms with Crippen molar-refractivity contribution < 1.29 is 14.4 Å². The summed E-state index contributed by atoms with van der Waals surface area (Å²) in [5, 5.41) is 10.4. The van der Waals surface area contributed by atoms with Gasteiger partial charge in [0.2, 0.25) is 11.8 Å². The van der Waals surface area contributed by atoms with Gasteiger partial charge in [-0.05, 0) is 24.3 Å². The summed E-state index contributed by atoms with van der Waals surface area (Å²) >= 11 is 0. The van der Waals surface area contributed by atoms with E-state index in [0.717, 1.165) is 0 Å². The van der Waals surface area contributed by atoms with Gasteiger partial charge in [0.25, 0.3) is 0 Å². The summed E-state index contributed by atoms with van der Waals surface area (Å²) in [5.74, 6) is -0.614. The Labute approximate surface area is 116 Å². The van der Waals surface area contributed by atoms with Gasteiger partial charge in [0.15, 0.2) is 0 Å². The van der Waals surface area contributed by atoms with E-state index in [9.17, 15) is 14.4 Å². The van der Waals surface area contributed by atoms with Crippen molar-refractivity contribution in [3.05, 3.63) is 24.3 Å². The Hall–Kier alpha value is -2.57. The molecule has 7 heteroatoms. The molecule has 0 aromatic heterocycles. The molecule has 0 radical (unpaired) electrons. The van der Waals surface area contributed by atoms with Crippen molar-refractivity contribution in [1.82, 2.24) is 10.6 Å². The Morgan fingerprint density at radius 2 is 1.75 bits per heavy atom. The normalized spacial score (nSPS) is 17.2. The van der Waals surface area contributed by atoms with E-state index < -0.39 is 0 Å². The lowest BCUT2D eigenvalue weighted by Crippen LogP contribution is -2.25. The fourth-order valence-electron chi connectivity index (χ4n) is 1.87. The van der Waals surface area contributed by atoms with Crippen LogP contribution in [0.5, 0.6) is 0 Å². The Balaban J connectivity index is 1.91. The van der Waals surface area contributed by atoms with Gasteiger partial charge < -0.3 is 21.3 Å². The van der Waals surface area contributed by atoms with Crippen molar-refractivity contribution in [3.63, 3.8) is 0 Å². The molecule has 20 heavy (non-hydrogen) atoms. The molecule has 1 atom stereocenters. The van der Waals surface area contributed by atoms with Crippen molar-refractivity contribution in [3.8, 4) is 0 Å². The number of nitrogens with one attached hydrogen (secondary N) is 4. The topological polar surface area (TPSA) is 99.3 Å². The Bertz CT molecular complexity index is 527. The van der Waals surface area contributed by atoms with Crippen LogP contribution >= 0.6 is 0 Å². The van der Waals surface area contributed by atoms with Crippen LogP contribution in [0.1, 0.15) is 6.42 Å². The standard InChI is InChI=1S/C13H16N4O3/c1-14-13(20)17-10-4-2-9(3-5-10)16-12(19)8-6-11(18)15-7-8/h2-5,8H,6-7H2,1H3,(H,15,18)(H,16,19)(H2,14,17,20). The summed E-state index contributed by atoms with van der Waals surface area (Å²) in [5.41, 5.74) is 1.25. The summed E-state index contributed by atoms with van der Waals surface area (Å²) in [7, 11) is 1.53. The van der Waals surface area contributed by atoms with Gasteiger partial charge in [-0.15, -0.1) is 0 Å². The maximum absolute atomic E-state index is 11.9. The van der Waals surface area contributed by atoms with E-state index in [4.69, 9.17) is 0 Å². The molecule has 4 amide bonds. The number of carbonyl (C=O) groups excluding carboxylic acids is 3. The zero-order chi connectivity index (χ0) is 14.5. The van der Waals surface area contributed by atoms with Gasteiger partial charge in [-0.1, -0.05) is 0 Å². The van der Waals surface area contributed by atoms with E-state index in [-0.39, 0.29) is 30.2 Å². The molecule has 106 valence electrons. The lowest BCUT2D eigenvalue weighted by atomic mass is 10.1. The van der Waals surface area contributed by atoms with Crippen LogP contribution in [0, 0.1) is 5.92 Å². The minimum absolute atomic E-state index is 0.102. The quantitative estimate of drug-likeness (QED) is 0.647. The van der Waals surface area contributed by atoms with Gasteiger partial charge >= 0.3 is 6.03 Å². The third kappa shape index (κ3) is 3.47. The molecule has 0 bridgehead atoms. The molecule has 2 rings (SSSR count). The summed E-state index contributed by atoms with van der Waals surface area (Å²) in [4.78, 5) is 34.1. The summed E-state index contributed by atoms with van der Waals surface area (Å²) < 4.78 is 0. The first-order valence-corrected chi connectivity index (χ1v) is 6.25. The van der Waals surface area contributed by atoms with Crippen molar-refractivity contribution in [2.45, 2.75) is 6.42 Å². The van der Waals surface area contributed by atoms with Gasteiger partial charge in [-0.25, -0.2) is 4.79 Å². The number of hydrogen-bond donors (Lipinski definition) is 4. The number of amides is 4. The number of benzene rings is 1. The van der Waals surface area contributed by atoms with E-state index in [1.54, 1.807) is 24.3 Å². The predicted molar refractivity (Wildman–Crippen MR) is 74.3 cm³/mol. The molecule has 1 aromatic rings. The van der Waals surface area contributed by atoms with Gasteiger partial charge in [-0.2, -0.15) is 0 Å². The maximum Gasteiger partial charge on any atom is 0.318 e. The molecule has 1 aliphatic rings. The lowest BCUT2D eigenvalue weighted by molar-refractivity contribution is -0.123. The molecular weight excluding hydrogens is 260 g/mol. The fraction of sp³-hybridized carbons (Fsp3) is 0.308.